The summed E-state index contributed by atoms with van der Waals surface area (Å²) in [5, 5.41) is 12.2. The fraction of sp³-hybridized carbons (Fsp3) is 0.941. The van der Waals surface area contributed by atoms with Crippen LogP contribution in [0.4, 0.5) is 0 Å². The van der Waals surface area contributed by atoms with Crippen molar-refractivity contribution in [1.82, 2.24) is 10.2 Å². The van der Waals surface area contributed by atoms with Crippen LogP contribution in [0.25, 0.3) is 0 Å². The summed E-state index contributed by atoms with van der Waals surface area (Å²) < 4.78 is 0. The first-order valence-electron chi connectivity index (χ1n) is 8.65. The molecule has 2 bridgehead atoms. The first kappa shape index (κ1) is 16.8. The number of carbonyl (C=O) groups excluding carboxylic acids is 1. The maximum Gasteiger partial charge on any atom is 0.234 e. The van der Waals surface area contributed by atoms with Crippen LogP contribution in [0.5, 0.6) is 0 Å². The summed E-state index contributed by atoms with van der Waals surface area (Å²) in [5.74, 6) is 2.60. The van der Waals surface area contributed by atoms with Crippen LogP contribution in [0.1, 0.15) is 52.9 Å². The summed E-state index contributed by atoms with van der Waals surface area (Å²) in [7, 11) is 0. The number of rotatable bonds is 8. The van der Waals surface area contributed by atoms with Gasteiger partial charge in [0.1, 0.15) is 0 Å². The average Bonchev–Trinajstić information content (AvgIpc) is 3.05. The summed E-state index contributed by atoms with van der Waals surface area (Å²) >= 11 is 0. The molecule has 1 amide bonds. The molecule has 0 radical (unpaired) electrons. The maximum atomic E-state index is 12.3. The van der Waals surface area contributed by atoms with Gasteiger partial charge in [0.25, 0.3) is 0 Å². The van der Waals surface area contributed by atoms with Crippen molar-refractivity contribution in [3.8, 4) is 0 Å². The van der Waals surface area contributed by atoms with E-state index in [1.807, 2.05) is 0 Å². The molecule has 2 N–H and O–H groups in total. The van der Waals surface area contributed by atoms with Crippen molar-refractivity contribution in [3.05, 3.63) is 0 Å². The fourth-order valence-electron chi connectivity index (χ4n) is 4.29. The lowest BCUT2D eigenvalue weighted by Gasteiger charge is -2.30. The molecule has 0 aromatic carbocycles. The highest BCUT2D eigenvalue weighted by Crippen LogP contribution is 2.49. The van der Waals surface area contributed by atoms with Gasteiger partial charge < -0.3 is 10.4 Å². The minimum atomic E-state index is 0.136. The fourth-order valence-corrected chi connectivity index (χ4v) is 4.29. The monoisotopic (exact) mass is 296 g/mol. The van der Waals surface area contributed by atoms with Gasteiger partial charge in [-0.05, 0) is 64.2 Å². The summed E-state index contributed by atoms with van der Waals surface area (Å²) in [4.78, 5) is 14.4. The van der Waals surface area contributed by atoms with Gasteiger partial charge in [-0.1, -0.05) is 6.42 Å². The Hall–Kier alpha value is -0.610. The van der Waals surface area contributed by atoms with E-state index in [1.54, 1.807) is 0 Å². The molecule has 0 heterocycles. The van der Waals surface area contributed by atoms with Crippen molar-refractivity contribution in [2.45, 2.75) is 65.0 Å². The lowest BCUT2D eigenvalue weighted by atomic mass is 9.84. The van der Waals surface area contributed by atoms with Crippen LogP contribution in [0.3, 0.4) is 0 Å². The Morgan fingerprint density at radius 1 is 1.29 bits per heavy atom. The highest BCUT2D eigenvalue weighted by atomic mass is 16.3. The smallest absolute Gasteiger partial charge is 0.234 e. The SMILES string of the molecule is CC(NC(=O)CN(CCCO)C(C)C)C1CC2CCC1C2. The number of hydrogen-bond acceptors (Lipinski definition) is 3. The van der Waals surface area contributed by atoms with Crippen LogP contribution in [0, 0.1) is 17.8 Å². The van der Waals surface area contributed by atoms with Crippen molar-refractivity contribution >= 4 is 5.91 Å². The van der Waals surface area contributed by atoms with Crippen LogP contribution < -0.4 is 5.32 Å². The summed E-state index contributed by atoms with van der Waals surface area (Å²) in [6.07, 6.45) is 6.20. The van der Waals surface area contributed by atoms with Crippen molar-refractivity contribution in [3.63, 3.8) is 0 Å². The number of nitrogens with one attached hydrogen (secondary N) is 1. The second-order valence-corrected chi connectivity index (χ2v) is 7.34. The molecule has 0 aliphatic heterocycles. The number of fused-ring (bicyclic) bond motifs is 2. The number of amides is 1. The van der Waals surface area contributed by atoms with E-state index in [0.29, 0.717) is 24.5 Å². The molecule has 2 aliphatic rings. The predicted octanol–water partition coefficient (Wildman–Crippen LogP) is 2.02. The minimum Gasteiger partial charge on any atom is -0.396 e. The van der Waals surface area contributed by atoms with Gasteiger partial charge in [0, 0.05) is 25.2 Å². The van der Waals surface area contributed by atoms with Crippen LogP contribution >= 0.6 is 0 Å². The summed E-state index contributed by atoms with van der Waals surface area (Å²) in [6, 6.07) is 0.639. The molecule has 0 spiro atoms. The molecular weight excluding hydrogens is 264 g/mol. The van der Waals surface area contributed by atoms with Crippen LogP contribution in [0.2, 0.25) is 0 Å². The Morgan fingerprint density at radius 2 is 2.05 bits per heavy atom. The quantitative estimate of drug-likeness (QED) is 0.720. The predicted molar refractivity (Wildman–Crippen MR) is 85.0 cm³/mol. The number of aliphatic hydroxyl groups excluding tert-OH is 1. The van der Waals surface area contributed by atoms with E-state index in [4.69, 9.17) is 5.11 Å². The molecule has 4 unspecified atom stereocenters. The normalized spacial score (nSPS) is 29.3. The van der Waals surface area contributed by atoms with Crippen molar-refractivity contribution in [1.29, 1.82) is 0 Å². The number of nitrogens with zero attached hydrogens (tertiary/aromatic N) is 1. The van der Waals surface area contributed by atoms with Crippen LogP contribution in [-0.4, -0.2) is 47.7 Å². The van der Waals surface area contributed by atoms with Gasteiger partial charge in [0.15, 0.2) is 0 Å². The van der Waals surface area contributed by atoms with Crippen molar-refractivity contribution < 1.29 is 9.90 Å². The second kappa shape index (κ2) is 7.59. The average molecular weight is 296 g/mol. The van der Waals surface area contributed by atoms with E-state index in [-0.39, 0.29) is 12.5 Å². The standard InChI is InChI=1S/C17H32N2O2/c1-12(2)19(7-4-8-20)11-17(21)18-13(3)16-10-14-5-6-15(16)9-14/h12-16,20H,4-11H2,1-3H3,(H,18,21). The number of carbonyl (C=O) groups is 1. The van der Waals surface area contributed by atoms with E-state index in [2.05, 4.69) is 31.0 Å². The Labute approximate surface area is 129 Å². The Balaban J connectivity index is 1.77. The van der Waals surface area contributed by atoms with Gasteiger partial charge in [-0.3, -0.25) is 9.69 Å². The molecule has 21 heavy (non-hydrogen) atoms. The third kappa shape index (κ3) is 4.43. The zero-order chi connectivity index (χ0) is 15.4. The van der Waals surface area contributed by atoms with Gasteiger partial charge in [-0.25, -0.2) is 0 Å². The Kier molecular flexibility index (Phi) is 6.06. The largest absolute Gasteiger partial charge is 0.396 e. The molecule has 122 valence electrons. The lowest BCUT2D eigenvalue weighted by molar-refractivity contribution is -0.123. The van der Waals surface area contributed by atoms with Gasteiger partial charge in [-0.2, -0.15) is 0 Å². The van der Waals surface area contributed by atoms with Crippen molar-refractivity contribution in [2.75, 3.05) is 19.7 Å². The first-order valence-corrected chi connectivity index (χ1v) is 8.65. The van der Waals surface area contributed by atoms with Crippen LogP contribution in [-0.2, 0) is 4.79 Å². The van der Waals surface area contributed by atoms with Gasteiger partial charge in [0.2, 0.25) is 5.91 Å². The molecule has 2 aliphatic carbocycles. The van der Waals surface area contributed by atoms with Crippen molar-refractivity contribution in [2.24, 2.45) is 17.8 Å². The molecule has 0 aromatic rings. The van der Waals surface area contributed by atoms with E-state index in [9.17, 15) is 4.79 Å². The Morgan fingerprint density at radius 3 is 2.57 bits per heavy atom. The molecule has 0 saturated heterocycles. The van der Waals surface area contributed by atoms with E-state index < -0.39 is 0 Å². The molecule has 2 fully saturated rings. The summed E-state index contributed by atoms with van der Waals surface area (Å²) in [5.41, 5.74) is 0. The van der Waals surface area contributed by atoms with Crippen LogP contribution in [0.15, 0.2) is 0 Å². The highest BCUT2D eigenvalue weighted by molar-refractivity contribution is 5.78. The number of hydrogen-bond donors (Lipinski definition) is 2. The van der Waals surface area contributed by atoms with Gasteiger partial charge >= 0.3 is 0 Å². The topological polar surface area (TPSA) is 52.6 Å². The first-order chi connectivity index (χ1) is 10.0. The zero-order valence-electron chi connectivity index (χ0n) is 13.8. The van der Waals surface area contributed by atoms with E-state index in [0.717, 1.165) is 24.8 Å². The second-order valence-electron chi connectivity index (χ2n) is 7.34. The number of aliphatic hydroxyl groups is 1. The molecule has 2 rings (SSSR count). The minimum absolute atomic E-state index is 0.136. The molecule has 4 nitrogen and oxygen atoms in total. The van der Waals surface area contributed by atoms with E-state index in [1.165, 1.54) is 25.7 Å². The summed E-state index contributed by atoms with van der Waals surface area (Å²) in [6.45, 7) is 7.80. The highest BCUT2D eigenvalue weighted by Gasteiger charge is 2.42. The molecule has 4 heteroatoms. The maximum absolute atomic E-state index is 12.3. The molecule has 4 atom stereocenters. The molecular formula is C17H32N2O2. The lowest BCUT2D eigenvalue weighted by Crippen LogP contribution is -2.46. The Bertz CT molecular complexity index is 346. The third-order valence-electron chi connectivity index (χ3n) is 5.50. The zero-order valence-corrected chi connectivity index (χ0v) is 13.8. The molecule has 2 saturated carbocycles. The molecule has 0 aromatic heterocycles. The third-order valence-corrected chi connectivity index (χ3v) is 5.50. The van der Waals surface area contributed by atoms with Gasteiger partial charge in [-0.15, -0.1) is 0 Å². The van der Waals surface area contributed by atoms with Gasteiger partial charge in [0.05, 0.1) is 6.54 Å². The van der Waals surface area contributed by atoms with E-state index >= 15 is 0 Å².